The van der Waals surface area contributed by atoms with Crippen LogP contribution in [0.4, 0.5) is 5.69 Å². The van der Waals surface area contributed by atoms with Gasteiger partial charge in [0.05, 0.1) is 11.8 Å². The molecule has 0 bridgehead atoms. The molecule has 0 spiro atoms. The lowest BCUT2D eigenvalue weighted by Crippen LogP contribution is -2.27. The van der Waals surface area contributed by atoms with Crippen LogP contribution in [0.15, 0.2) is 36.7 Å². The molecular formula is C15H16N2O2. The minimum Gasteiger partial charge on any atom is -0.506 e. The first kappa shape index (κ1) is 13.1. The predicted molar refractivity (Wildman–Crippen MR) is 74.6 cm³/mol. The maximum atomic E-state index is 12.3. The summed E-state index contributed by atoms with van der Waals surface area (Å²) in [5.41, 5.74) is 3.39. The molecule has 0 saturated carbocycles. The number of aromatic nitrogens is 1. The zero-order valence-corrected chi connectivity index (χ0v) is 11.2. The lowest BCUT2D eigenvalue weighted by Gasteiger charge is -2.20. The number of hydrogen-bond acceptors (Lipinski definition) is 3. The fourth-order valence-electron chi connectivity index (χ4n) is 2.03. The highest BCUT2D eigenvalue weighted by atomic mass is 16.3. The van der Waals surface area contributed by atoms with E-state index in [1.54, 1.807) is 11.9 Å². The van der Waals surface area contributed by atoms with Crippen LogP contribution in [0.25, 0.3) is 0 Å². The zero-order valence-electron chi connectivity index (χ0n) is 11.2. The lowest BCUT2D eigenvalue weighted by molar-refractivity contribution is 0.0992. The molecule has 0 aliphatic rings. The Morgan fingerprint density at radius 3 is 2.58 bits per heavy atom. The number of carbonyl (C=O) groups excluding carboxylic acids is 1. The summed E-state index contributed by atoms with van der Waals surface area (Å²) < 4.78 is 0. The molecule has 1 N–H and O–H groups in total. The van der Waals surface area contributed by atoms with Gasteiger partial charge in [0, 0.05) is 18.9 Å². The van der Waals surface area contributed by atoms with Gasteiger partial charge in [0.25, 0.3) is 5.91 Å². The van der Waals surface area contributed by atoms with E-state index in [0.717, 1.165) is 16.8 Å². The van der Waals surface area contributed by atoms with Crippen molar-refractivity contribution in [1.82, 2.24) is 4.98 Å². The van der Waals surface area contributed by atoms with E-state index in [4.69, 9.17) is 0 Å². The Morgan fingerprint density at radius 2 is 1.95 bits per heavy atom. The normalized spacial score (nSPS) is 10.3. The van der Waals surface area contributed by atoms with Crippen LogP contribution in [-0.4, -0.2) is 23.0 Å². The molecule has 0 atom stereocenters. The number of nitrogens with zero attached hydrogens (tertiary/aromatic N) is 2. The molecule has 2 aromatic rings. The summed E-state index contributed by atoms with van der Waals surface area (Å²) in [4.78, 5) is 17.7. The number of carbonyl (C=O) groups is 1. The summed E-state index contributed by atoms with van der Waals surface area (Å²) >= 11 is 0. The van der Waals surface area contributed by atoms with E-state index in [9.17, 15) is 9.90 Å². The van der Waals surface area contributed by atoms with Gasteiger partial charge in [-0.25, -0.2) is 0 Å². The van der Waals surface area contributed by atoms with Gasteiger partial charge < -0.3 is 10.0 Å². The van der Waals surface area contributed by atoms with E-state index in [1.165, 1.54) is 18.5 Å². The molecule has 0 unspecified atom stereocenters. The van der Waals surface area contributed by atoms with Crippen LogP contribution in [0.1, 0.15) is 21.5 Å². The first-order valence-corrected chi connectivity index (χ1v) is 5.98. The SMILES string of the molecule is Cc1ccc(N(C)C(=O)c2cncc(O)c2)c(C)c1. The molecular weight excluding hydrogens is 240 g/mol. The van der Waals surface area contributed by atoms with E-state index in [2.05, 4.69) is 4.98 Å². The number of amides is 1. The molecule has 1 aromatic carbocycles. The van der Waals surface area contributed by atoms with Gasteiger partial charge in [-0.15, -0.1) is 0 Å². The van der Waals surface area contributed by atoms with Crippen molar-refractivity contribution in [3.05, 3.63) is 53.3 Å². The van der Waals surface area contributed by atoms with Gasteiger partial charge in [-0.05, 0) is 31.5 Å². The van der Waals surface area contributed by atoms with E-state index in [1.807, 2.05) is 32.0 Å². The third-order valence-corrected chi connectivity index (χ3v) is 2.99. The average Bonchev–Trinajstić information content (AvgIpc) is 2.37. The number of aromatic hydroxyl groups is 1. The molecule has 98 valence electrons. The molecule has 0 aliphatic carbocycles. The summed E-state index contributed by atoms with van der Waals surface area (Å²) in [6.45, 7) is 3.98. The van der Waals surface area contributed by atoms with E-state index >= 15 is 0 Å². The fraction of sp³-hybridized carbons (Fsp3) is 0.200. The van der Waals surface area contributed by atoms with Gasteiger partial charge in [0.1, 0.15) is 5.75 Å². The Balaban J connectivity index is 2.33. The summed E-state index contributed by atoms with van der Waals surface area (Å²) in [7, 11) is 1.71. The van der Waals surface area contributed by atoms with Gasteiger partial charge in [-0.1, -0.05) is 17.7 Å². The topological polar surface area (TPSA) is 53.4 Å². The van der Waals surface area contributed by atoms with Crippen LogP contribution in [0.5, 0.6) is 5.75 Å². The quantitative estimate of drug-likeness (QED) is 0.898. The van der Waals surface area contributed by atoms with Crippen LogP contribution in [0.2, 0.25) is 0 Å². The highest BCUT2D eigenvalue weighted by molar-refractivity contribution is 6.06. The summed E-state index contributed by atoms with van der Waals surface area (Å²) in [5, 5.41) is 9.37. The second kappa shape index (κ2) is 5.10. The van der Waals surface area contributed by atoms with Crippen molar-refractivity contribution in [3.63, 3.8) is 0 Å². The first-order chi connectivity index (χ1) is 8.99. The second-order valence-corrected chi connectivity index (χ2v) is 4.59. The third-order valence-electron chi connectivity index (χ3n) is 2.99. The number of rotatable bonds is 2. The third kappa shape index (κ3) is 2.73. The summed E-state index contributed by atoms with van der Waals surface area (Å²) in [5.74, 6) is -0.213. The molecule has 2 rings (SSSR count). The van der Waals surface area contributed by atoms with Crippen LogP contribution in [0, 0.1) is 13.8 Å². The van der Waals surface area contributed by atoms with Crippen LogP contribution in [0.3, 0.4) is 0 Å². The molecule has 1 amide bonds. The van der Waals surface area contributed by atoms with Gasteiger partial charge in [0.15, 0.2) is 0 Å². The monoisotopic (exact) mass is 256 g/mol. The van der Waals surface area contributed by atoms with Crippen molar-refractivity contribution >= 4 is 11.6 Å². The number of benzene rings is 1. The smallest absolute Gasteiger partial charge is 0.259 e. The standard InChI is InChI=1S/C15H16N2O2/c1-10-4-5-14(11(2)6-10)17(3)15(19)12-7-13(18)9-16-8-12/h4-9,18H,1-3H3. The van der Waals surface area contributed by atoms with Gasteiger partial charge in [-0.2, -0.15) is 0 Å². The molecule has 4 nitrogen and oxygen atoms in total. The summed E-state index contributed by atoms with van der Waals surface area (Å²) in [6.07, 6.45) is 2.75. The van der Waals surface area contributed by atoms with Crippen molar-refractivity contribution in [2.75, 3.05) is 11.9 Å². The average molecular weight is 256 g/mol. The van der Waals surface area contributed by atoms with Crippen LogP contribution >= 0.6 is 0 Å². The number of pyridine rings is 1. The highest BCUT2D eigenvalue weighted by Crippen LogP contribution is 2.22. The van der Waals surface area contributed by atoms with Crippen molar-refractivity contribution in [3.8, 4) is 5.75 Å². The van der Waals surface area contributed by atoms with Gasteiger partial charge in [-0.3, -0.25) is 9.78 Å². The Kier molecular flexibility index (Phi) is 3.51. The predicted octanol–water partition coefficient (Wildman–Crippen LogP) is 2.68. The van der Waals surface area contributed by atoms with E-state index in [0.29, 0.717) is 5.56 Å². The maximum Gasteiger partial charge on any atom is 0.259 e. The van der Waals surface area contributed by atoms with E-state index < -0.39 is 0 Å². The minimum atomic E-state index is -0.199. The fourth-order valence-corrected chi connectivity index (χ4v) is 2.03. The van der Waals surface area contributed by atoms with Crippen molar-refractivity contribution in [2.24, 2.45) is 0 Å². The van der Waals surface area contributed by atoms with Crippen molar-refractivity contribution < 1.29 is 9.90 Å². The molecule has 1 heterocycles. The van der Waals surface area contributed by atoms with Crippen molar-refractivity contribution in [1.29, 1.82) is 0 Å². The van der Waals surface area contributed by atoms with E-state index in [-0.39, 0.29) is 11.7 Å². The number of hydrogen-bond donors (Lipinski definition) is 1. The second-order valence-electron chi connectivity index (χ2n) is 4.59. The number of aryl methyl sites for hydroxylation is 2. The molecule has 19 heavy (non-hydrogen) atoms. The molecule has 0 aliphatic heterocycles. The molecule has 0 fully saturated rings. The minimum absolute atomic E-state index is 0.0140. The van der Waals surface area contributed by atoms with Gasteiger partial charge in [0.2, 0.25) is 0 Å². The Hall–Kier alpha value is -2.36. The Morgan fingerprint density at radius 1 is 1.21 bits per heavy atom. The maximum absolute atomic E-state index is 12.3. The number of anilines is 1. The van der Waals surface area contributed by atoms with Crippen LogP contribution in [-0.2, 0) is 0 Å². The molecule has 0 radical (unpaired) electrons. The largest absolute Gasteiger partial charge is 0.506 e. The molecule has 4 heteroatoms. The highest BCUT2D eigenvalue weighted by Gasteiger charge is 2.15. The van der Waals surface area contributed by atoms with Crippen molar-refractivity contribution in [2.45, 2.75) is 13.8 Å². The molecule has 1 aromatic heterocycles. The Labute approximate surface area is 112 Å². The molecule has 0 saturated heterocycles. The Bertz CT molecular complexity index is 623. The van der Waals surface area contributed by atoms with Gasteiger partial charge >= 0.3 is 0 Å². The van der Waals surface area contributed by atoms with Crippen LogP contribution < -0.4 is 4.90 Å². The zero-order chi connectivity index (χ0) is 14.0. The first-order valence-electron chi connectivity index (χ1n) is 5.98. The lowest BCUT2D eigenvalue weighted by atomic mass is 10.1. The summed E-state index contributed by atoms with van der Waals surface area (Å²) in [6, 6.07) is 7.32.